The van der Waals surface area contributed by atoms with Crippen LogP contribution in [0.1, 0.15) is 37.4 Å². The van der Waals surface area contributed by atoms with Gasteiger partial charge in [-0.1, -0.05) is 31.5 Å². The van der Waals surface area contributed by atoms with Crippen LogP contribution in [0.3, 0.4) is 0 Å². The highest BCUT2D eigenvalue weighted by Crippen LogP contribution is 2.19. The maximum absolute atomic E-state index is 13.1. The summed E-state index contributed by atoms with van der Waals surface area (Å²) in [6.45, 7) is 5.93. The lowest BCUT2D eigenvalue weighted by Gasteiger charge is -2.14. The third kappa shape index (κ3) is 3.62. The van der Waals surface area contributed by atoms with E-state index in [0.29, 0.717) is 12.6 Å². The molecule has 0 spiro atoms. The third-order valence-electron chi connectivity index (χ3n) is 3.38. The van der Waals surface area contributed by atoms with E-state index in [4.69, 9.17) is 11.6 Å². The van der Waals surface area contributed by atoms with Gasteiger partial charge in [-0.05, 0) is 42.3 Å². The molecule has 0 aliphatic rings. The van der Waals surface area contributed by atoms with Crippen molar-refractivity contribution >= 4 is 11.6 Å². The van der Waals surface area contributed by atoms with E-state index in [9.17, 15) is 4.39 Å². The zero-order valence-corrected chi connectivity index (χ0v) is 12.6. The smallest absolute Gasteiger partial charge is 0.141 e. The highest BCUT2D eigenvalue weighted by Gasteiger charge is 2.09. The quantitative estimate of drug-likeness (QED) is 0.836. The summed E-state index contributed by atoms with van der Waals surface area (Å²) >= 11 is 5.81. The van der Waals surface area contributed by atoms with Crippen LogP contribution in [0.25, 0.3) is 0 Å². The lowest BCUT2D eigenvalue weighted by molar-refractivity contribution is 0.536. The fraction of sp³-hybridized carbons (Fsp3) is 0.375. The molecule has 20 heavy (non-hydrogen) atoms. The number of aromatic nitrogens is 1. The van der Waals surface area contributed by atoms with Crippen molar-refractivity contribution < 1.29 is 4.39 Å². The molecule has 0 aliphatic heterocycles. The minimum absolute atomic E-state index is 0.175. The van der Waals surface area contributed by atoms with E-state index in [1.54, 1.807) is 12.1 Å². The summed E-state index contributed by atoms with van der Waals surface area (Å²) in [4.78, 5) is 0. The molecule has 1 unspecified atom stereocenters. The number of benzene rings is 1. The molecular formula is C16H20ClFN2. The first kappa shape index (κ1) is 15.1. The van der Waals surface area contributed by atoms with E-state index >= 15 is 0 Å². The first-order chi connectivity index (χ1) is 9.63. The Bertz CT molecular complexity index is 565. The SMILES string of the molecule is CCNC(CC)c1ccn(Cc2ccc(F)c(Cl)c2)c1. The van der Waals surface area contributed by atoms with E-state index in [1.165, 1.54) is 11.6 Å². The molecule has 0 radical (unpaired) electrons. The monoisotopic (exact) mass is 294 g/mol. The highest BCUT2D eigenvalue weighted by molar-refractivity contribution is 6.30. The molecule has 0 amide bonds. The zero-order valence-electron chi connectivity index (χ0n) is 11.9. The Labute approximate surface area is 124 Å². The van der Waals surface area contributed by atoms with E-state index in [1.807, 2.05) is 6.20 Å². The van der Waals surface area contributed by atoms with Crippen LogP contribution in [0, 0.1) is 5.82 Å². The van der Waals surface area contributed by atoms with Crippen LogP contribution in [-0.2, 0) is 6.54 Å². The molecule has 2 aromatic rings. The van der Waals surface area contributed by atoms with Gasteiger partial charge in [0.15, 0.2) is 0 Å². The predicted octanol–water partition coefficient (Wildman–Crippen LogP) is 4.39. The Kier molecular flexibility index (Phi) is 5.21. The van der Waals surface area contributed by atoms with Gasteiger partial charge in [0.25, 0.3) is 0 Å². The average Bonchev–Trinajstić information content (AvgIpc) is 2.88. The van der Waals surface area contributed by atoms with Crippen molar-refractivity contribution in [3.8, 4) is 0 Å². The number of rotatable bonds is 6. The molecule has 4 heteroatoms. The van der Waals surface area contributed by atoms with E-state index in [-0.39, 0.29) is 10.8 Å². The summed E-state index contributed by atoms with van der Waals surface area (Å²) in [6, 6.07) is 7.37. The second kappa shape index (κ2) is 6.91. The Morgan fingerprint density at radius 3 is 2.75 bits per heavy atom. The third-order valence-corrected chi connectivity index (χ3v) is 3.67. The number of hydrogen-bond donors (Lipinski definition) is 1. The van der Waals surface area contributed by atoms with Crippen LogP contribution in [0.5, 0.6) is 0 Å². The fourth-order valence-corrected chi connectivity index (χ4v) is 2.56. The van der Waals surface area contributed by atoms with Gasteiger partial charge in [-0.25, -0.2) is 4.39 Å². The van der Waals surface area contributed by atoms with E-state index in [2.05, 4.69) is 36.0 Å². The van der Waals surface area contributed by atoms with Gasteiger partial charge in [0.05, 0.1) is 5.02 Å². The van der Waals surface area contributed by atoms with Crippen LogP contribution in [0.4, 0.5) is 4.39 Å². The average molecular weight is 295 g/mol. The minimum atomic E-state index is -0.373. The van der Waals surface area contributed by atoms with Gasteiger partial charge < -0.3 is 9.88 Å². The normalized spacial score (nSPS) is 12.6. The summed E-state index contributed by atoms with van der Waals surface area (Å²) in [5.74, 6) is -0.373. The van der Waals surface area contributed by atoms with Gasteiger partial charge >= 0.3 is 0 Å². The largest absolute Gasteiger partial charge is 0.350 e. The molecule has 1 atom stereocenters. The summed E-state index contributed by atoms with van der Waals surface area (Å²) < 4.78 is 15.2. The summed E-state index contributed by atoms with van der Waals surface area (Å²) in [5.41, 5.74) is 2.28. The second-order valence-corrected chi connectivity index (χ2v) is 5.29. The van der Waals surface area contributed by atoms with Crippen LogP contribution < -0.4 is 5.32 Å². The summed E-state index contributed by atoms with van der Waals surface area (Å²) in [5, 5.41) is 3.63. The number of hydrogen-bond acceptors (Lipinski definition) is 1. The molecule has 0 aliphatic carbocycles. The molecule has 1 aromatic carbocycles. The fourth-order valence-electron chi connectivity index (χ4n) is 2.36. The van der Waals surface area contributed by atoms with Crippen molar-refractivity contribution in [1.29, 1.82) is 0 Å². The van der Waals surface area contributed by atoms with Crippen LogP contribution >= 0.6 is 11.6 Å². The van der Waals surface area contributed by atoms with Crippen molar-refractivity contribution in [1.82, 2.24) is 9.88 Å². The van der Waals surface area contributed by atoms with Crippen LogP contribution in [-0.4, -0.2) is 11.1 Å². The molecule has 0 saturated heterocycles. The van der Waals surface area contributed by atoms with E-state index < -0.39 is 0 Å². The zero-order chi connectivity index (χ0) is 14.5. The molecule has 0 fully saturated rings. The Morgan fingerprint density at radius 1 is 1.30 bits per heavy atom. The van der Waals surface area contributed by atoms with Gasteiger partial charge in [-0.2, -0.15) is 0 Å². The topological polar surface area (TPSA) is 17.0 Å². The molecule has 2 rings (SSSR count). The lowest BCUT2D eigenvalue weighted by Crippen LogP contribution is -2.19. The van der Waals surface area contributed by atoms with Gasteiger partial charge in [0, 0.05) is 25.0 Å². The summed E-state index contributed by atoms with van der Waals surface area (Å²) in [6.07, 6.45) is 5.24. The predicted molar refractivity (Wildman–Crippen MR) is 81.7 cm³/mol. The van der Waals surface area contributed by atoms with Crippen molar-refractivity contribution in [3.63, 3.8) is 0 Å². The van der Waals surface area contributed by atoms with Crippen molar-refractivity contribution in [2.75, 3.05) is 6.54 Å². The van der Waals surface area contributed by atoms with E-state index in [0.717, 1.165) is 18.5 Å². The van der Waals surface area contributed by atoms with Gasteiger partial charge in [0.2, 0.25) is 0 Å². The maximum Gasteiger partial charge on any atom is 0.141 e. The number of nitrogens with one attached hydrogen (secondary N) is 1. The lowest BCUT2D eigenvalue weighted by atomic mass is 10.1. The Morgan fingerprint density at radius 2 is 2.10 bits per heavy atom. The summed E-state index contributed by atoms with van der Waals surface area (Å²) in [7, 11) is 0. The molecule has 1 heterocycles. The standard InChI is InChI=1S/C16H20ClFN2/c1-3-16(19-4-2)13-7-8-20(11-13)10-12-5-6-15(18)14(17)9-12/h5-9,11,16,19H,3-4,10H2,1-2H3. The van der Waals surface area contributed by atoms with Gasteiger partial charge in [-0.3, -0.25) is 0 Å². The van der Waals surface area contributed by atoms with Crippen molar-refractivity contribution in [2.24, 2.45) is 0 Å². The first-order valence-electron chi connectivity index (χ1n) is 6.97. The molecule has 1 aromatic heterocycles. The maximum atomic E-state index is 13.1. The van der Waals surface area contributed by atoms with Crippen molar-refractivity contribution in [3.05, 3.63) is 58.6 Å². The van der Waals surface area contributed by atoms with Gasteiger partial charge in [-0.15, -0.1) is 0 Å². The molecule has 1 N–H and O–H groups in total. The van der Waals surface area contributed by atoms with Crippen LogP contribution in [0.2, 0.25) is 5.02 Å². The van der Waals surface area contributed by atoms with Gasteiger partial charge in [0.1, 0.15) is 5.82 Å². The number of halogens is 2. The molecular weight excluding hydrogens is 275 g/mol. The Balaban J connectivity index is 2.10. The second-order valence-electron chi connectivity index (χ2n) is 4.88. The molecule has 2 nitrogen and oxygen atoms in total. The molecule has 0 saturated carbocycles. The molecule has 108 valence electrons. The minimum Gasteiger partial charge on any atom is -0.350 e. The highest BCUT2D eigenvalue weighted by atomic mass is 35.5. The molecule has 0 bridgehead atoms. The van der Waals surface area contributed by atoms with Crippen molar-refractivity contribution in [2.45, 2.75) is 32.9 Å². The van der Waals surface area contributed by atoms with Crippen LogP contribution in [0.15, 0.2) is 36.7 Å². The Hall–Kier alpha value is -1.32. The number of nitrogens with zero attached hydrogens (tertiary/aromatic N) is 1. The first-order valence-corrected chi connectivity index (χ1v) is 7.34.